The molecule has 0 atom stereocenters. The number of rotatable bonds is 1. The van der Waals surface area contributed by atoms with E-state index in [1.54, 1.807) is 0 Å². The molecule has 0 saturated carbocycles. The van der Waals surface area contributed by atoms with Crippen LogP contribution in [0.3, 0.4) is 0 Å². The second-order valence-electron chi connectivity index (χ2n) is 3.59. The van der Waals surface area contributed by atoms with Gasteiger partial charge in [-0.05, 0) is 25.0 Å². The Bertz CT molecular complexity index is 326. The number of anilines is 1. The van der Waals surface area contributed by atoms with Crippen LogP contribution in [-0.4, -0.2) is 18.1 Å². The summed E-state index contributed by atoms with van der Waals surface area (Å²) in [6.07, 6.45) is -0.847. The quantitative estimate of drug-likeness (QED) is 0.717. The molecule has 1 fully saturated rings. The number of pyridine rings is 1. The van der Waals surface area contributed by atoms with E-state index in [1.165, 1.54) is 12.3 Å². The minimum absolute atomic E-state index is 0.778. The van der Waals surface area contributed by atoms with Gasteiger partial charge in [-0.2, -0.15) is 13.2 Å². The maximum absolute atomic E-state index is 12.2. The van der Waals surface area contributed by atoms with Gasteiger partial charge in [0.15, 0.2) is 0 Å². The largest absolute Gasteiger partial charge is 0.433 e. The first-order valence-electron chi connectivity index (χ1n) is 4.85. The van der Waals surface area contributed by atoms with Crippen LogP contribution in [0.5, 0.6) is 0 Å². The molecule has 0 bridgehead atoms. The second-order valence-corrected chi connectivity index (χ2v) is 3.59. The molecular weight excluding hydrogens is 205 g/mol. The molecule has 2 heterocycles. The van der Waals surface area contributed by atoms with Crippen LogP contribution in [0.25, 0.3) is 0 Å². The molecule has 1 aromatic rings. The van der Waals surface area contributed by atoms with Gasteiger partial charge in [-0.1, -0.05) is 0 Å². The lowest BCUT2D eigenvalue weighted by Gasteiger charge is -2.17. The fourth-order valence-corrected chi connectivity index (χ4v) is 1.72. The topological polar surface area (TPSA) is 16.1 Å². The lowest BCUT2D eigenvalue weighted by molar-refractivity contribution is -0.141. The van der Waals surface area contributed by atoms with Crippen LogP contribution >= 0.6 is 0 Å². The zero-order valence-electron chi connectivity index (χ0n) is 8.09. The Morgan fingerprint density at radius 1 is 1.13 bits per heavy atom. The molecular formula is C10H11F3N2. The normalized spacial score (nSPS) is 17.1. The lowest BCUT2D eigenvalue weighted by atomic mass is 10.3. The molecule has 0 radical (unpaired) electrons. The van der Waals surface area contributed by atoms with Crippen molar-refractivity contribution in [1.29, 1.82) is 0 Å². The van der Waals surface area contributed by atoms with E-state index in [1.807, 2.05) is 4.90 Å². The van der Waals surface area contributed by atoms with Crippen LogP contribution in [-0.2, 0) is 6.18 Å². The van der Waals surface area contributed by atoms with Crippen molar-refractivity contribution >= 4 is 5.69 Å². The molecule has 0 aromatic carbocycles. The predicted octanol–water partition coefficient (Wildman–Crippen LogP) is 2.70. The van der Waals surface area contributed by atoms with Crippen LogP contribution in [0.2, 0.25) is 0 Å². The Labute approximate surface area is 85.7 Å². The van der Waals surface area contributed by atoms with Gasteiger partial charge in [0.25, 0.3) is 0 Å². The summed E-state index contributed by atoms with van der Waals surface area (Å²) in [5, 5.41) is 0. The molecule has 2 nitrogen and oxygen atoms in total. The summed E-state index contributed by atoms with van der Waals surface area (Å²) < 4.78 is 36.7. The summed E-state index contributed by atoms with van der Waals surface area (Å²) >= 11 is 0. The second kappa shape index (κ2) is 3.72. The first-order chi connectivity index (χ1) is 7.07. The number of hydrogen-bond donors (Lipinski definition) is 0. The van der Waals surface area contributed by atoms with Crippen molar-refractivity contribution in [3.63, 3.8) is 0 Å². The van der Waals surface area contributed by atoms with Crippen molar-refractivity contribution in [2.45, 2.75) is 19.0 Å². The van der Waals surface area contributed by atoms with Crippen LogP contribution < -0.4 is 4.90 Å². The van der Waals surface area contributed by atoms with Crippen LogP contribution in [0.15, 0.2) is 18.3 Å². The predicted molar refractivity (Wildman–Crippen MR) is 50.7 cm³/mol. The fraction of sp³-hybridized carbons (Fsp3) is 0.500. The molecule has 0 spiro atoms. The molecule has 5 heteroatoms. The summed E-state index contributed by atoms with van der Waals surface area (Å²) in [4.78, 5) is 5.48. The number of hydrogen-bond acceptors (Lipinski definition) is 2. The summed E-state index contributed by atoms with van der Waals surface area (Å²) in [5.41, 5.74) is -0.0500. The Balaban J connectivity index is 2.16. The van der Waals surface area contributed by atoms with Crippen molar-refractivity contribution in [3.8, 4) is 0 Å². The van der Waals surface area contributed by atoms with Gasteiger partial charge < -0.3 is 4.90 Å². The third kappa shape index (κ3) is 2.22. The highest BCUT2D eigenvalue weighted by Crippen LogP contribution is 2.29. The van der Waals surface area contributed by atoms with Crippen molar-refractivity contribution in [1.82, 2.24) is 4.98 Å². The number of alkyl halides is 3. The van der Waals surface area contributed by atoms with Gasteiger partial charge in [-0.3, -0.25) is 0 Å². The van der Waals surface area contributed by atoms with Crippen LogP contribution in [0.4, 0.5) is 18.9 Å². The van der Waals surface area contributed by atoms with Gasteiger partial charge in [0.1, 0.15) is 5.69 Å². The fourth-order valence-electron chi connectivity index (χ4n) is 1.72. The minimum Gasteiger partial charge on any atom is -0.370 e. The molecule has 0 aliphatic carbocycles. The van der Waals surface area contributed by atoms with Gasteiger partial charge in [-0.15, -0.1) is 0 Å². The van der Waals surface area contributed by atoms with Crippen LogP contribution in [0, 0.1) is 0 Å². The summed E-state index contributed by atoms with van der Waals surface area (Å²) in [7, 11) is 0. The number of nitrogens with zero attached hydrogens (tertiary/aromatic N) is 2. The van der Waals surface area contributed by atoms with E-state index in [0.717, 1.165) is 37.7 Å². The summed E-state index contributed by atoms with van der Waals surface area (Å²) in [6, 6.07) is 2.52. The van der Waals surface area contributed by atoms with E-state index in [4.69, 9.17) is 0 Å². The van der Waals surface area contributed by atoms with E-state index < -0.39 is 11.9 Å². The van der Waals surface area contributed by atoms with E-state index in [0.29, 0.717) is 0 Å². The average Bonchev–Trinajstić information content (AvgIpc) is 2.69. The summed E-state index contributed by atoms with van der Waals surface area (Å²) in [6.45, 7) is 1.82. The highest BCUT2D eigenvalue weighted by atomic mass is 19.4. The van der Waals surface area contributed by atoms with Crippen molar-refractivity contribution < 1.29 is 13.2 Å². The molecule has 1 aliphatic heterocycles. The van der Waals surface area contributed by atoms with Crippen molar-refractivity contribution in [2.75, 3.05) is 18.0 Å². The zero-order valence-corrected chi connectivity index (χ0v) is 8.09. The first-order valence-corrected chi connectivity index (χ1v) is 4.85. The highest BCUT2D eigenvalue weighted by molar-refractivity contribution is 5.45. The molecule has 1 aromatic heterocycles. The van der Waals surface area contributed by atoms with E-state index >= 15 is 0 Å². The molecule has 82 valence electrons. The molecule has 1 saturated heterocycles. The Kier molecular flexibility index (Phi) is 2.54. The van der Waals surface area contributed by atoms with Crippen molar-refractivity contribution in [2.24, 2.45) is 0 Å². The minimum atomic E-state index is -4.34. The van der Waals surface area contributed by atoms with Crippen LogP contribution in [0.1, 0.15) is 18.5 Å². The average molecular weight is 216 g/mol. The third-order valence-electron chi connectivity index (χ3n) is 2.51. The zero-order chi connectivity index (χ0) is 10.9. The first kappa shape index (κ1) is 10.3. The highest BCUT2D eigenvalue weighted by Gasteiger charge is 2.32. The van der Waals surface area contributed by atoms with Gasteiger partial charge in [-0.25, -0.2) is 4.98 Å². The molecule has 1 aliphatic rings. The number of halogens is 3. The monoisotopic (exact) mass is 216 g/mol. The Morgan fingerprint density at radius 3 is 2.27 bits per heavy atom. The molecule has 0 unspecified atom stereocenters. The molecule has 0 N–H and O–H groups in total. The lowest BCUT2D eigenvalue weighted by Crippen LogP contribution is -2.18. The molecule has 2 rings (SSSR count). The standard InChI is InChI=1S/C10H11F3N2/c11-10(12,13)9-4-3-8(7-14-9)15-5-1-2-6-15/h3-4,7H,1-2,5-6H2. The molecule has 15 heavy (non-hydrogen) atoms. The van der Waals surface area contributed by atoms with Gasteiger partial charge in [0.2, 0.25) is 0 Å². The van der Waals surface area contributed by atoms with E-state index in [9.17, 15) is 13.2 Å². The van der Waals surface area contributed by atoms with Crippen molar-refractivity contribution in [3.05, 3.63) is 24.0 Å². The third-order valence-corrected chi connectivity index (χ3v) is 2.51. The maximum atomic E-state index is 12.2. The smallest absolute Gasteiger partial charge is 0.370 e. The maximum Gasteiger partial charge on any atom is 0.433 e. The van der Waals surface area contributed by atoms with Gasteiger partial charge in [0, 0.05) is 13.1 Å². The van der Waals surface area contributed by atoms with E-state index in [-0.39, 0.29) is 0 Å². The summed E-state index contributed by atoms with van der Waals surface area (Å²) in [5.74, 6) is 0. The Morgan fingerprint density at radius 2 is 1.80 bits per heavy atom. The Hall–Kier alpha value is -1.26. The molecule has 0 amide bonds. The van der Waals surface area contributed by atoms with Gasteiger partial charge >= 0.3 is 6.18 Å². The number of aromatic nitrogens is 1. The SMILES string of the molecule is FC(F)(F)c1ccc(N2CCCC2)cn1. The van der Waals surface area contributed by atoms with Gasteiger partial charge in [0.05, 0.1) is 11.9 Å². The van der Waals surface area contributed by atoms with E-state index in [2.05, 4.69) is 4.98 Å².